The van der Waals surface area contributed by atoms with E-state index in [2.05, 4.69) is 10.6 Å². The van der Waals surface area contributed by atoms with E-state index in [1.54, 1.807) is 20.8 Å². The Hall–Kier alpha value is -1.56. The van der Waals surface area contributed by atoms with Gasteiger partial charge in [0.2, 0.25) is 0 Å². The molecular formula is C12H18N2O3S. The van der Waals surface area contributed by atoms with Crippen LogP contribution in [0.3, 0.4) is 0 Å². The molecule has 0 spiro atoms. The lowest BCUT2D eigenvalue weighted by atomic mass is 9.87. The molecule has 0 aliphatic carbocycles. The van der Waals surface area contributed by atoms with Crippen molar-refractivity contribution in [1.82, 2.24) is 10.6 Å². The van der Waals surface area contributed by atoms with Crippen LogP contribution in [-0.4, -0.2) is 23.1 Å². The molecule has 1 heterocycles. The second-order valence-electron chi connectivity index (χ2n) is 5.04. The van der Waals surface area contributed by atoms with Crippen LogP contribution in [-0.2, 0) is 11.3 Å². The molecular weight excluding hydrogens is 252 g/mol. The Labute approximate surface area is 110 Å². The van der Waals surface area contributed by atoms with Gasteiger partial charge in [0.05, 0.1) is 6.54 Å². The van der Waals surface area contributed by atoms with E-state index in [0.29, 0.717) is 6.54 Å². The lowest BCUT2D eigenvalue weighted by Gasteiger charge is -2.27. The summed E-state index contributed by atoms with van der Waals surface area (Å²) < 4.78 is 0. The summed E-state index contributed by atoms with van der Waals surface area (Å²) in [7, 11) is 0. The Morgan fingerprint density at radius 3 is 2.56 bits per heavy atom. The van der Waals surface area contributed by atoms with Gasteiger partial charge in [-0.05, 0) is 16.9 Å². The van der Waals surface area contributed by atoms with Crippen molar-refractivity contribution in [3.8, 4) is 0 Å². The molecule has 0 aliphatic rings. The summed E-state index contributed by atoms with van der Waals surface area (Å²) in [5.74, 6) is -1.03. The molecule has 6 heteroatoms. The van der Waals surface area contributed by atoms with Crippen LogP contribution in [0.5, 0.6) is 0 Å². The Kier molecular flexibility index (Phi) is 4.72. The second-order valence-corrected chi connectivity index (χ2v) is 6.08. The quantitative estimate of drug-likeness (QED) is 0.783. The number of hydrogen-bond acceptors (Lipinski definition) is 3. The van der Waals surface area contributed by atoms with Gasteiger partial charge in [0, 0.05) is 4.88 Å². The standard InChI is InChI=1S/C12H18N2O3S/c1-12(2,3)9(10(15)16)14-11(17)13-7-8-5-4-6-18-8/h4-6,9H,7H2,1-3H3,(H,15,16)(H2,13,14,17)/t9-/m0/s1. The van der Waals surface area contributed by atoms with Crippen LogP contribution in [0.25, 0.3) is 0 Å². The van der Waals surface area contributed by atoms with Crippen molar-refractivity contribution >= 4 is 23.3 Å². The number of carbonyl (C=O) groups excluding carboxylic acids is 1. The van der Waals surface area contributed by atoms with Crippen molar-refractivity contribution in [2.75, 3.05) is 0 Å². The second kappa shape index (κ2) is 5.86. The third kappa shape index (κ3) is 4.37. The fourth-order valence-electron chi connectivity index (χ4n) is 1.41. The van der Waals surface area contributed by atoms with E-state index in [9.17, 15) is 9.59 Å². The number of carbonyl (C=O) groups is 2. The average molecular weight is 270 g/mol. The Morgan fingerprint density at radius 1 is 1.44 bits per heavy atom. The van der Waals surface area contributed by atoms with Crippen LogP contribution in [0.1, 0.15) is 25.6 Å². The molecule has 0 saturated carbocycles. The van der Waals surface area contributed by atoms with Crippen molar-refractivity contribution < 1.29 is 14.7 Å². The summed E-state index contributed by atoms with van der Waals surface area (Å²) in [6.45, 7) is 5.71. The van der Waals surface area contributed by atoms with Gasteiger partial charge in [-0.15, -0.1) is 11.3 Å². The minimum Gasteiger partial charge on any atom is -0.480 e. The molecule has 0 aromatic carbocycles. The molecule has 3 N–H and O–H groups in total. The predicted octanol–water partition coefficient (Wildman–Crippen LogP) is 2.05. The van der Waals surface area contributed by atoms with E-state index in [1.165, 1.54) is 11.3 Å². The van der Waals surface area contributed by atoms with Crippen LogP contribution in [0.15, 0.2) is 17.5 Å². The molecule has 0 bridgehead atoms. The molecule has 1 aromatic heterocycles. The molecule has 1 rings (SSSR count). The number of hydrogen-bond donors (Lipinski definition) is 3. The first-order valence-corrected chi connectivity index (χ1v) is 6.48. The van der Waals surface area contributed by atoms with Crippen molar-refractivity contribution in [2.45, 2.75) is 33.4 Å². The lowest BCUT2D eigenvalue weighted by molar-refractivity contribution is -0.141. The number of urea groups is 1. The van der Waals surface area contributed by atoms with Gasteiger partial charge in [-0.25, -0.2) is 9.59 Å². The maximum Gasteiger partial charge on any atom is 0.326 e. The largest absolute Gasteiger partial charge is 0.480 e. The van der Waals surface area contributed by atoms with Crippen LogP contribution >= 0.6 is 11.3 Å². The van der Waals surface area contributed by atoms with Gasteiger partial charge in [-0.2, -0.15) is 0 Å². The van der Waals surface area contributed by atoms with Crippen LogP contribution in [0.2, 0.25) is 0 Å². The van der Waals surface area contributed by atoms with E-state index in [-0.39, 0.29) is 0 Å². The van der Waals surface area contributed by atoms with Gasteiger partial charge in [0.1, 0.15) is 6.04 Å². The zero-order valence-electron chi connectivity index (χ0n) is 10.7. The Bertz CT molecular complexity index is 409. The molecule has 2 amide bonds. The first kappa shape index (κ1) is 14.5. The molecule has 100 valence electrons. The van der Waals surface area contributed by atoms with Crippen molar-refractivity contribution in [3.05, 3.63) is 22.4 Å². The highest BCUT2D eigenvalue weighted by atomic mass is 32.1. The molecule has 18 heavy (non-hydrogen) atoms. The number of nitrogens with one attached hydrogen (secondary N) is 2. The van der Waals surface area contributed by atoms with Gasteiger partial charge in [-0.1, -0.05) is 26.8 Å². The van der Waals surface area contributed by atoms with Gasteiger partial charge < -0.3 is 15.7 Å². The van der Waals surface area contributed by atoms with E-state index in [1.807, 2.05) is 17.5 Å². The molecule has 0 radical (unpaired) electrons. The highest BCUT2D eigenvalue weighted by Crippen LogP contribution is 2.19. The van der Waals surface area contributed by atoms with Crippen molar-refractivity contribution in [2.24, 2.45) is 5.41 Å². The van der Waals surface area contributed by atoms with E-state index < -0.39 is 23.5 Å². The molecule has 0 unspecified atom stereocenters. The van der Waals surface area contributed by atoms with E-state index in [0.717, 1.165) is 4.88 Å². The fraction of sp³-hybridized carbons (Fsp3) is 0.500. The SMILES string of the molecule is CC(C)(C)[C@@H](NC(=O)NCc1cccs1)C(=O)O. The number of thiophene rings is 1. The molecule has 0 saturated heterocycles. The molecule has 5 nitrogen and oxygen atoms in total. The minimum atomic E-state index is -1.03. The van der Waals surface area contributed by atoms with Gasteiger partial charge in [-0.3, -0.25) is 0 Å². The van der Waals surface area contributed by atoms with Crippen molar-refractivity contribution in [1.29, 1.82) is 0 Å². The topological polar surface area (TPSA) is 78.4 Å². The zero-order chi connectivity index (χ0) is 13.8. The van der Waals surface area contributed by atoms with Gasteiger partial charge in [0.15, 0.2) is 0 Å². The maximum atomic E-state index is 11.6. The predicted molar refractivity (Wildman–Crippen MR) is 70.6 cm³/mol. The highest BCUT2D eigenvalue weighted by molar-refractivity contribution is 7.09. The zero-order valence-corrected chi connectivity index (χ0v) is 11.5. The van der Waals surface area contributed by atoms with Crippen LogP contribution in [0.4, 0.5) is 4.79 Å². The lowest BCUT2D eigenvalue weighted by Crippen LogP contribution is -2.52. The van der Waals surface area contributed by atoms with Crippen LogP contribution in [0, 0.1) is 5.41 Å². The van der Waals surface area contributed by atoms with E-state index >= 15 is 0 Å². The third-order valence-electron chi connectivity index (χ3n) is 2.39. The smallest absolute Gasteiger partial charge is 0.326 e. The summed E-state index contributed by atoms with van der Waals surface area (Å²) in [6, 6.07) is 2.42. The highest BCUT2D eigenvalue weighted by Gasteiger charge is 2.32. The normalized spacial score (nSPS) is 12.8. The number of aliphatic carboxylic acids is 1. The fourth-order valence-corrected chi connectivity index (χ4v) is 2.06. The Balaban J connectivity index is 2.49. The maximum absolute atomic E-state index is 11.6. The first-order chi connectivity index (χ1) is 8.30. The number of rotatable bonds is 4. The Morgan fingerprint density at radius 2 is 2.11 bits per heavy atom. The first-order valence-electron chi connectivity index (χ1n) is 5.60. The monoisotopic (exact) mass is 270 g/mol. The molecule has 1 aromatic rings. The number of carboxylic acid groups (broad SMARTS) is 1. The average Bonchev–Trinajstić information content (AvgIpc) is 2.73. The number of amides is 2. The van der Waals surface area contributed by atoms with E-state index in [4.69, 9.17) is 5.11 Å². The summed E-state index contributed by atoms with van der Waals surface area (Å²) >= 11 is 1.54. The van der Waals surface area contributed by atoms with Crippen molar-refractivity contribution in [3.63, 3.8) is 0 Å². The van der Waals surface area contributed by atoms with Gasteiger partial charge >= 0.3 is 12.0 Å². The molecule has 0 aliphatic heterocycles. The summed E-state index contributed by atoms with van der Waals surface area (Å²) in [5, 5.41) is 16.1. The summed E-state index contributed by atoms with van der Waals surface area (Å²) in [6.07, 6.45) is 0. The number of carboxylic acids is 1. The molecule has 1 atom stereocenters. The minimum absolute atomic E-state index is 0.403. The summed E-state index contributed by atoms with van der Waals surface area (Å²) in [5.41, 5.74) is -0.536. The van der Waals surface area contributed by atoms with Crippen LogP contribution < -0.4 is 10.6 Å². The van der Waals surface area contributed by atoms with Gasteiger partial charge in [0.25, 0.3) is 0 Å². The summed E-state index contributed by atoms with van der Waals surface area (Å²) in [4.78, 5) is 23.7. The third-order valence-corrected chi connectivity index (χ3v) is 3.27. The molecule has 0 fully saturated rings.